The highest BCUT2D eigenvalue weighted by Gasteiger charge is 2.22. The molecule has 0 saturated carbocycles. The van der Waals surface area contributed by atoms with Crippen molar-refractivity contribution in [3.8, 4) is 28.1 Å². The molecule has 1 N–H and O–H groups in total. The van der Waals surface area contributed by atoms with Crippen LogP contribution in [0.25, 0.3) is 28.5 Å². The van der Waals surface area contributed by atoms with E-state index in [1.807, 2.05) is 45.1 Å². The lowest BCUT2D eigenvalue weighted by molar-refractivity contribution is 0.0984. The van der Waals surface area contributed by atoms with Crippen molar-refractivity contribution in [2.45, 2.75) is 93.4 Å². The van der Waals surface area contributed by atoms with Gasteiger partial charge in [-0.1, -0.05) is 120 Å². The Hall–Kier alpha value is -3.24. The molecule has 0 bridgehead atoms. The number of pyridine rings is 1. The van der Waals surface area contributed by atoms with Crippen LogP contribution in [0.5, 0.6) is 5.75 Å². The van der Waals surface area contributed by atoms with Gasteiger partial charge in [0.2, 0.25) is 0 Å². The number of Topliss-reactive ketones (excluding diaryl/α,β-unsaturated/α-hetero) is 1. The van der Waals surface area contributed by atoms with Gasteiger partial charge in [0.05, 0.1) is 18.4 Å². The molecule has 1 aromatic heterocycles. The third kappa shape index (κ3) is 10.7. The minimum atomic E-state index is 0.0602. The smallest absolute Gasteiger partial charge is 0.166 e. The van der Waals surface area contributed by atoms with Crippen molar-refractivity contribution in [3.05, 3.63) is 77.0 Å². The van der Waals surface area contributed by atoms with Crippen LogP contribution in [0.2, 0.25) is 0 Å². The van der Waals surface area contributed by atoms with E-state index in [0.29, 0.717) is 30.0 Å². The molecule has 218 valence electrons. The first-order valence-corrected chi connectivity index (χ1v) is 14.9. The number of ether oxygens (including phenoxy) is 1. The Morgan fingerprint density at radius 2 is 1.38 bits per heavy atom. The number of carbonyl (C=O) groups is 1. The number of nitrogens with zero attached hydrogens (tertiary/aromatic N) is 1. The summed E-state index contributed by atoms with van der Waals surface area (Å²) in [6, 6.07) is 16.7. The van der Waals surface area contributed by atoms with E-state index in [9.17, 15) is 4.79 Å². The third-order valence-corrected chi connectivity index (χ3v) is 6.37. The van der Waals surface area contributed by atoms with Crippen molar-refractivity contribution < 1.29 is 14.6 Å². The summed E-state index contributed by atoms with van der Waals surface area (Å²) in [4.78, 5) is 17.5. The van der Waals surface area contributed by atoms with Gasteiger partial charge in [0.1, 0.15) is 5.69 Å². The molecule has 0 saturated heterocycles. The number of hydrogen-bond acceptors (Lipinski definition) is 4. The molecular weight excluding hydrogens is 494 g/mol. The molecule has 2 aromatic carbocycles. The summed E-state index contributed by atoms with van der Waals surface area (Å²) >= 11 is 0. The lowest BCUT2D eigenvalue weighted by Crippen LogP contribution is -2.08. The number of rotatable bonds is 11. The minimum absolute atomic E-state index is 0.0602. The number of aromatic nitrogens is 1. The molecular formula is C36H51NO3. The zero-order chi connectivity index (χ0) is 29.9. The zero-order valence-electron chi connectivity index (χ0n) is 26.1. The van der Waals surface area contributed by atoms with E-state index in [4.69, 9.17) is 14.8 Å². The van der Waals surface area contributed by atoms with Crippen LogP contribution < -0.4 is 4.74 Å². The van der Waals surface area contributed by atoms with Crippen LogP contribution in [-0.4, -0.2) is 29.6 Å². The highest BCUT2D eigenvalue weighted by Crippen LogP contribution is 2.36. The van der Waals surface area contributed by atoms with Gasteiger partial charge in [0.15, 0.2) is 11.5 Å². The van der Waals surface area contributed by atoms with Crippen LogP contribution in [0.4, 0.5) is 0 Å². The number of aliphatic hydroxyl groups is 1. The van der Waals surface area contributed by atoms with Crippen molar-refractivity contribution in [3.63, 3.8) is 0 Å². The SMILES string of the molecule is C/C=C\c1nc(-c2ccc(-c3ccc(C)cc3)cc2)c(OC)c(C(=O)CC)c1C.CCC.CCCCCCCO. The van der Waals surface area contributed by atoms with Crippen LogP contribution >= 0.6 is 0 Å². The van der Waals surface area contributed by atoms with E-state index in [0.717, 1.165) is 28.8 Å². The predicted molar refractivity (Wildman–Crippen MR) is 172 cm³/mol. The number of carbonyl (C=O) groups excluding carboxylic acids is 1. The van der Waals surface area contributed by atoms with Crippen molar-refractivity contribution in [2.24, 2.45) is 0 Å². The molecule has 0 aliphatic rings. The first-order valence-electron chi connectivity index (χ1n) is 14.9. The van der Waals surface area contributed by atoms with Crippen LogP contribution in [-0.2, 0) is 0 Å². The van der Waals surface area contributed by atoms with Gasteiger partial charge < -0.3 is 9.84 Å². The number of aliphatic hydroxyl groups excluding tert-OH is 1. The average molecular weight is 546 g/mol. The molecule has 3 rings (SSSR count). The monoisotopic (exact) mass is 545 g/mol. The molecule has 0 radical (unpaired) electrons. The normalized spacial score (nSPS) is 10.4. The Morgan fingerprint density at radius 3 is 1.85 bits per heavy atom. The second-order valence-electron chi connectivity index (χ2n) is 9.94. The summed E-state index contributed by atoms with van der Waals surface area (Å²) in [6.45, 7) is 14.6. The van der Waals surface area contributed by atoms with Gasteiger partial charge in [-0.25, -0.2) is 4.98 Å². The Balaban J connectivity index is 0.000000618. The maximum absolute atomic E-state index is 12.7. The molecule has 0 amide bonds. The van der Waals surface area contributed by atoms with Gasteiger partial charge in [0.25, 0.3) is 0 Å². The lowest BCUT2D eigenvalue weighted by Gasteiger charge is -2.17. The summed E-state index contributed by atoms with van der Waals surface area (Å²) in [5.41, 5.74) is 7.43. The Bertz CT molecular complexity index is 1160. The molecule has 3 aromatic rings. The highest BCUT2D eigenvalue weighted by atomic mass is 16.5. The Labute approximate surface area is 243 Å². The first kappa shape index (κ1) is 34.8. The fourth-order valence-electron chi connectivity index (χ4n) is 4.18. The van der Waals surface area contributed by atoms with E-state index in [-0.39, 0.29) is 5.78 Å². The summed E-state index contributed by atoms with van der Waals surface area (Å²) in [7, 11) is 1.60. The van der Waals surface area contributed by atoms with Gasteiger partial charge >= 0.3 is 0 Å². The van der Waals surface area contributed by atoms with E-state index < -0.39 is 0 Å². The maximum Gasteiger partial charge on any atom is 0.166 e. The van der Waals surface area contributed by atoms with Crippen LogP contribution in [0.1, 0.15) is 107 Å². The number of hydrogen-bond donors (Lipinski definition) is 1. The molecule has 0 unspecified atom stereocenters. The summed E-state index contributed by atoms with van der Waals surface area (Å²) in [5.74, 6) is 0.607. The number of methoxy groups -OCH3 is 1. The number of ketones is 1. The summed E-state index contributed by atoms with van der Waals surface area (Å²) in [6.07, 6.45) is 11.6. The topological polar surface area (TPSA) is 59.4 Å². The minimum Gasteiger partial charge on any atom is -0.494 e. The lowest BCUT2D eigenvalue weighted by atomic mass is 9.96. The van der Waals surface area contributed by atoms with Gasteiger partial charge in [-0.3, -0.25) is 4.79 Å². The maximum atomic E-state index is 12.7. The van der Waals surface area contributed by atoms with Crippen LogP contribution in [0.3, 0.4) is 0 Å². The first-order chi connectivity index (χ1) is 19.3. The van der Waals surface area contributed by atoms with E-state index in [1.54, 1.807) is 7.11 Å². The third-order valence-electron chi connectivity index (χ3n) is 6.37. The van der Waals surface area contributed by atoms with E-state index in [1.165, 1.54) is 43.2 Å². The standard InChI is InChI=1S/C26H27NO2.C7H16O.C3H8/c1-6-8-22-18(4)24(23(28)7-2)26(29-5)25(27-22)21-15-13-20(14-16-21)19-11-9-17(3)10-12-19;1-2-3-4-5-6-7-8;1-3-2/h6,8-16H,7H2,1-5H3;8H,2-7H2,1H3;3H2,1-2H3/b8-6-;;. The number of aryl methyl sites for hydroxylation is 1. The largest absolute Gasteiger partial charge is 0.494 e. The van der Waals surface area contributed by atoms with Crippen molar-refractivity contribution in [1.82, 2.24) is 4.98 Å². The van der Waals surface area contributed by atoms with Crippen molar-refractivity contribution >= 4 is 11.9 Å². The number of unbranched alkanes of at least 4 members (excludes halogenated alkanes) is 4. The second kappa shape index (κ2) is 19.8. The molecule has 40 heavy (non-hydrogen) atoms. The molecule has 0 fully saturated rings. The van der Waals surface area contributed by atoms with Gasteiger partial charge in [-0.15, -0.1) is 0 Å². The van der Waals surface area contributed by atoms with Gasteiger partial charge in [-0.2, -0.15) is 0 Å². The second-order valence-corrected chi connectivity index (χ2v) is 9.94. The van der Waals surface area contributed by atoms with Crippen molar-refractivity contribution in [1.29, 1.82) is 0 Å². The molecule has 0 aliphatic carbocycles. The van der Waals surface area contributed by atoms with Crippen molar-refractivity contribution in [2.75, 3.05) is 13.7 Å². The summed E-state index contributed by atoms with van der Waals surface area (Å²) in [5, 5.41) is 8.37. The molecule has 4 nitrogen and oxygen atoms in total. The van der Waals surface area contributed by atoms with E-state index in [2.05, 4.69) is 64.1 Å². The molecule has 0 aliphatic heterocycles. The van der Waals surface area contributed by atoms with Gasteiger partial charge in [0, 0.05) is 18.6 Å². The summed E-state index contributed by atoms with van der Waals surface area (Å²) < 4.78 is 5.69. The number of benzene rings is 2. The molecule has 0 spiro atoms. The zero-order valence-corrected chi connectivity index (χ0v) is 26.1. The predicted octanol–water partition coefficient (Wildman–Crippen LogP) is 10.0. The molecule has 0 atom stereocenters. The molecule has 1 heterocycles. The van der Waals surface area contributed by atoms with Crippen LogP contribution in [0.15, 0.2) is 54.6 Å². The van der Waals surface area contributed by atoms with Crippen LogP contribution in [0, 0.1) is 13.8 Å². The van der Waals surface area contributed by atoms with E-state index >= 15 is 0 Å². The fraction of sp³-hybridized carbons (Fsp3) is 0.444. The Morgan fingerprint density at radius 1 is 0.850 bits per heavy atom. The number of allylic oxidation sites excluding steroid dienone is 1. The Kier molecular flexibility index (Phi) is 17.2. The average Bonchev–Trinajstić information content (AvgIpc) is 2.97. The quantitative estimate of drug-likeness (QED) is 0.192. The van der Waals surface area contributed by atoms with Gasteiger partial charge in [-0.05, 0) is 50.0 Å². The highest BCUT2D eigenvalue weighted by molar-refractivity contribution is 6.02. The fourth-order valence-corrected chi connectivity index (χ4v) is 4.18. The molecule has 4 heteroatoms.